The third kappa shape index (κ3) is 5.56. The molecular weight excluding hydrogens is 484 g/mol. The number of carbonyl (C=O) groups is 1. The fraction of sp³-hybridized carbons (Fsp3) is 0.429. The van der Waals surface area contributed by atoms with Crippen molar-refractivity contribution in [1.82, 2.24) is 29.3 Å². The zero-order valence-electron chi connectivity index (χ0n) is 22.1. The van der Waals surface area contributed by atoms with E-state index in [2.05, 4.69) is 15.2 Å². The van der Waals surface area contributed by atoms with Crippen LogP contribution in [0.4, 0.5) is 0 Å². The van der Waals surface area contributed by atoms with Gasteiger partial charge in [-0.1, -0.05) is 18.2 Å². The van der Waals surface area contributed by atoms with Crippen molar-refractivity contribution in [1.29, 1.82) is 0 Å². The van der Waals surface area contributed by atoms with Crippen molar-refractivity contribution in [2.75, 3.05) is 39.5 Å². The van der Waals surface area contributed by atoms with Gasteiger partial charge in [-0.15, -0.1) is 0 Å². The molecule has 200 valence electrons. The molecule has 1 aromatic carbocycles. The molecule has 1 N–H and O–H groups in total. The number of para-hydroxylation sites is 1. The van der Waals surface area contributed by atoms with E-state index < -0.39 is 0 Å². The number of amides is 1. The van der Waals surface area contributed by atoms with Crippen molar-refractivity contribution in [2.24, 2.45) is 7.05 Å². The Morgan fingerprint density at radius 1 is 1.18 bits per heavy atom. The average molecular weight is 519 g/mol. The molecule has 0 aliphatic carbocycles. The van der Waals surface area contributed by atoms with Crippen molar-refractivity contribution in [2.45, 2.75) is 32.9 Å². The summed E-state index contributed by atoms with van der Waals surface area (Å²) in [7, 11) is 1.92. The molecule has 4 heterocycles. The van der Waals surface area contributed by atoms with Crippen LogP contribution in [0.1, 0.15) is 20.3 Å². The molecule has 1 fully saturated rings. The Kier molecular flexibility index (Phi) is 7.71. The molecule has 0 unspecified atom stereocenters. The van der Waals surface area contributed by atoms with E-state index in [4.69, 9.17) is 14.5 Å². The van der Waals surface area contributed by atoms with Gasteiger partial charge in [-0.3, -0.25) is 19.1 Å². The van der Waals surface area contributed by atoms with Gasteiger partial charge < -0.3 is 19.4 Å². The fourth-order valence-electron chi connectivity index (χ4n) is 4.83. The smallest absolute Gasteiger partial charge is 0.263 e. The van der Waals surface area contributed by atoms with Crippen LogP contribution in [-0.2, 0) is 23.1 Å². The summed E-state index contributed by atoms with van der Waals surface area (Å²) in [5.74, 6) is 0.646. The topological polar surface area (TPSA) is 104 Å². The predicted octanol–water partition coefficient (Wildman–Crippen LogP) is 2.58. The van der Waals surface area contributed by atoms with Gasteiger partial charge in [0.15, 0.2) is 11.5 Å². The van der Waals surface area contributed by atoms with E-state index in [1.54, 1.807) is 12.3 Å². The molecule has 10 nitrogen and oxygen atoms in total. The maximum absolute atomic E-state index is 13.8. The third-order valence-corrected chi connectivity index (χ3v) is 6.71. The number of benzene rings is 1. The quantitative estimate of drug-likeness (QED) is 0.340. The number of nitrogens with zero attached hydrogens (tertiary/aromatic N) is 5. The van der Waals surface area contributed by atoms with E-state index in [1.165, 1.54) is 4.57 Å². The first kappa shape index (κ1) is 25.9. The Bertz CT molecular complexity index is 1500. The number of ether oxygens (including phenoxy) is 2. The average Bonchev–Trinajstić information content (AvgIpc) is 3.24. The Labute approximate surface area is 221 Å². The van der Waals surface area contributed by atoms with Crippen LogP contribution in [0, 0.1) is 0 Å². The number of pyridine rings is 1. The van der Waals surface area contributed by atoms with Crippen LogP contribution < -0.4 is 15.6 Å². The molecule has 0 saturated carbocycles. The van der Waals surface area contributed by atoms with E-state index in [0.29, 0.717) is 29.2 Å². The number of morpholine rings is 1. The molecule has 0 radical (unpaired) electrons. The van der Waals surface area contributed by atoms with Gasteiger partial charge in [0.25, 0.3) is 5.56 Å². The Morgan fingerprint density at radius 2 is 1.97 bits per heavy atom. The standard InChI is InChI=1S/C28H34N6O4/c1-19(2)30-25(35)18-34-27(24-15-20-7-4-5-8-23(20)32(24)3)31-26-22(28(34)36)16-21(17-29-26)38-12-6-9-33-10-13-37-14-11-33/h4-5,7-8,15-17,19H,6,9-14,18H2,1-3H3,(H,30,35). The Balaban J connectivity index is 1.47. The molecule has 1 aliphatic heterocycles. The van der Waals surface area contributed by atoms with Gasteiger partial charge in [-0.2, -0.15) is 0 Å². The fourth-order valence-corrected chi connectivity index (χ4v) is 4.83. The van der Waals surface area contributed by atoms with E-state index in [0.717, 1.165) is 55.9 Å². The van der Waals surface area contributed by atoms with E-state index >= 15 is 0 Å². The van der Waals surface area contributed by atoms with Crippen LogP contribution in [0.2, 0.25) is 0 Å². The largest absolute Gasteiger partial charge is 0.492 e. The highest BCUT2D eigenvalue weighted by atomic mass is 16.5. The zero-order valence-corrected chi connectivity index (χ0v) is 22.1. The molecule has 1 aliphatic rings. The maximum Gasteiger partial charge on any atom is 0.263 e. The minimum Gasteiger partial charge on any atom is -0.492 e. The summed E-state index contributed by atoms with van der Waals surface area (Å²) >= 11 is 0. The number of hydrogen-bond acceptors (Lipinski definition) is 7. The Morgan fingerprint density at radius 3 is 2.74 bits per heavy atom. The number of aryl methyl sites for hydroxylation is 1. The highest BCUT2D eigenvalue weighted by Gasteiger charge is 2.20. The molecule has 1 amide bonds. The lowest BCUT2D eigenvalue weighted by atomic mass is 10.2. The van der Waals surface area contributed by atoms with Crippen molar-refractivity contribution < 1.29 is 14.3 Å². The second kappa shape index (κ2) is 11.3. The number of rotatable bonds is 9. The van der Waals surface area contributed by atoms with Crippen molar-refractivity contribution in [3.63, 3.8) is 0 Å². The summed E-state index contributed by atoms with van der Waals surface area (Å²) in [6, 6.07) is 11.6. The lowest BCUT2D eigenvalue weighted by Gasteiger charge is -2.26. The van der Waals surface area contributed by atoms with Crippen LogP contribution >= 0.6 is 0 Å². The SMILES string of the molecule is CC(C)NC(=O)Cn1c(-c2cc3ccccc3n2C)nc2ncc(OCCCN3CCOCC3)cc2c1=O. The summed E-state index contributed by atoms with van der Waals surface area (Å²) in [5, 5.41) is 4.21. The normalized spacial score (nSPS) is 14.4. The maximum atomic E-state index is 13.8. The molecule has 38 heavy (non-hydrogen) atoms. The lowest BCUT2D eigenvalue weighted by Crippen LogP contribution is -2.37. The van der Waals surface area contributed by atoms with Gasteiger partial charge in [-0.05, 0) is 38.5 Å². The summed E-state index contributed by atoms with van der Waals surface area (Å²) in [4.78, 5) is 38.1. The zero-order chi connectivity index (χ0) is 26.6. The van der Waals surface area contributed by atoms with Crippen LogP contribution in [0.25, 0.3) is 33.5 Å². The van der Waals surface area contributed by atoms with Crippen LogP contribution in [-0.4, -0.2) is 75.4 Å². The van der Waals surface area contributed by atoms with Crippen molar-refractivity contribution in [3.05, 3.63) is 52.9 Å². The minimum atomic E-state index is -0.333. The number of nitrogens with one attached hydrogen (secondary N) is 1. The van der Waals surface area contributed by atoms with Gasteiger partial charge >= 0.3 is 0 Å². The lowest BCUT2D eigenvalue weighted by molar-refractivity contribution is -0.122. The molecular formula is C28H34N6O4. The molecule has 10 heteroatoms. The number of fused-ring (bicyclic) bond motifs is 2. The van der Waals surface area contributed by atoms with Crippen LogP contribution in [0.15, 0.2) is 47.4 Å². The number of hydrogen-bond donors (Lipinski definition) is 1. The summed E-state index contributed by atoms with van der Waals surface area (Å²) in [6.07, 6.45) is 2.46. The first-order chi connectivity index (χ1) is 18.4. The number of carbonyl (C=O) groups excluding carboxylic acids is 1. The molecule has 1 saturated heterocycles. The third-order valence-electron chi connectivity index (χ3n) is 6.71. The van der Waals surface area contributed by atoms with Crippen LogP contribution in [0.5, 0.6) is 5.75 Å². The highest BCUT2D eigenvalue weighted by molar-refractivity contribution is 5.87. The van der Waals surface area contributed by atoms with Crippen LogP contribution in [0.3, 0.4) is 0 Å². The molecule has 0 atom stereocenters. The van der Waals surface area contributed by atoms with Gasteiger partial charge in [0.1, 0.15) is 12.3 Å². The summed E-state index contributed by atoms with van der Waals surface area (Å²) in [6.45, 7) is 8.47. The molecule has 5 rings (SSSR count). The first-order valence-electron chi connectivity index (χ1n) is 13.1. The summed E-state index contributed by atoms with van der Waals surface area (Å²) in [5.41, 5.74) is 1.72. The second-order valence-corrected chi connectivity index (χ2v) is 9.89. The van der Waals surface area contributed by atoms with E-state index in [1.807, 2.05) is 55.8 Å². The molecule has 4 aromatic rings. The minimum absolute atomic E-state index is 0.0492. The van der Waals surface area contributed by atoms with Gasteiger partial charge in [0.2, 0.25) is 5.91 Å². The van der Waals surface area contributed by atoms with Gasteiger partial charge in [0, 0.05) is 43.6 Å². The monoisotopic (exact) mass is 518 g/mol. The molecule has 3 aromatic heterocycles. The second-order valence-electron chi connectivity index (χ2n) is 9.89. The predicted molar refractivity (Wildman–Crippen MR) is 146 cm³/mol. The first-order valence-corrected chi connectivity index (χ1v) is 13.1. The highest BCUT2D eigenvalue weighted by Crippen LogP contribution is 2.27. The van der Waals surface area contributed by atoms with E-state index in [9.17, 15) is 9.59 Å². The summed E-state index contributed by atoms with van der Waals surface area (Å²) < 4.78 is 14.7. The van der Waals surface area contributed by atoms with Gasteiger partial charge in [0.05, 0.1) is 37.1 Å². The molecule has 0 spiro atoms. The molecule has 0 bridgehead atoms. The Hall–Kier alpha value is -3.76. The van der Waals surface area contributed by atoms with Crippen molar-refractivity contribution >= 4 is 27.8 Å². The van der Waals surface area contributed by atoms with E-state index in [-0.39, 0.29) is 24.1 Å². The van der Waals surface area contributed by atoms with Crippen molar-refractivity contribution in [3.8, 4) is 17.3 Å². The number of aromatic nitrogens is 4. The van der Waals surface area contributed by atoms with Gasteiger partial charge in [-0.25, -0.2) is 9.97 Å².